The second kappa shape index (κ2) is 5.07. The smallest absolute Gasteiger partial charge is 0.244 e. The molecule has 1 atom stereocenters. The summed E-state index contributed by atoms with van der Waals surface area (Å²) in [7, 11) is -3.63. The summed E-state index contributed by atoms with van der Waals surface area (Å²) < 4.78 is 26.9. The molecule has 2 rings (SSSR count). The lowest BCUT2D eigenvalue weighted by Gasteiger charge is -2.14. The molecule has 0 radical (unpaired) electrons. The average molecular weight is 289 g/mol. The third-order valence-corrected chi connectivity index (χ3v) is 5.26. The summed E-state index contributed by atoms with van der Waals surface area (Å²) in [6, 6.07) is 4.69. The summed E-state index contributed by atoms with van der Waals surface area (Å²) in [5.74, 6) is 1.000. The Labute approximate surface area is 113 Å². The first-order valence-electron chi connectivity index (χ1n) is 5.95. The zero-order chi connectivity index (χ0) is 13.3. The van der Waals surface area contributed by atoms with Crippen LogP contribution < -0.4 is 10.5 Å². The van der Waals surface area contributed by atoms with Gasteiger partial charge in [-0.3, -0.25) is 0 Å². The molecular formula is C12H17ClN2O2S. The van der Waals surface area contributed by atoms with E-state index in [2.05, 4.69) is 11.6 Å². The standard InChI is InChI=1S/C12H17ClN2O2S/c1-8(9-5-6-9)7-15-18(16,17)12-10(13)3-2-4-11(12)14/h2-4,8-9,15H,5-7,14H2,1H3. The van der Waals surface area contributed by atoms with Crippen LogP contribution in [-0.4, -0.2) is 15.0 Å². The molecule has 1 aliphatic carbocycles. The number of hydrogen-bond donors (Lipinski definition) is 2. The van der Waals surface area contributed by atoms with Crippen LogP contribution in [0.2, 0.25) is 5.02 Å². The van der Waals surface area contributed by atoms with Gasteiger partial charge in [-0.25, -0.2) is 13.1 Å². The molecule has 1 fully saturated rings. The molecule has 0 aliphatic heterocycles. The Morgan fingerprint density at radius 1 is 1.50 bits per heavy atom. The highest BCUT2D eigenvalue weighted by molar-refractivity contribution is 7.89. The number of sulfonamides is 1. The lowest BCUT2D eigenvalue weighted by molar-refractivity contribution is 0.492. The molecule has 4 nitrogen and oxygen atoms in total. The van der Waals surface area contributed by atoms with Crippen LogP contribution in [-0.2, 0) is 10.0 Å². The van der Waals surface area contributed by atoms with Crippen LogP contribution in [0.5, 0.6) is 0 Å². The van der Waals surface area contributed by atoms with E-state index in [4.69, 9.17) is 17.3 Å². The number of halogens is 1. The SMILES string of the molecule is CC(CNS(=O)(=O)c1c(N)cccc1Cl)C1CC1. The number of nitrogen functional groups attached to an aromatic ring is 1. The third kappa shape index (κ3) is 2.96. The van der Waals surface area contributed by atoms with Gasteiger partial charge in [-0.1, -0.05) is 24.6 Å². The van der Waals surface area contributed by atoms with Gasteiger partial charge in [0.1, 0.15) is 4.90 Å². The van der Waals surface area contributed by atoms with Crippen molar-refractivity contribution in [2.75, 3.05) is 12.3 Å². The van der Waals surface area contributed by atoms with Gasteiger partial charge in [-0.15, -0.1) is 0 Å². The van der Waals surface area contributed by atoms with Gasteiger partial charge in [0.2, 0.25) is 10.0 Å². The minimum Gasteiger partial charge on any atom is -0.398 e. The van der Waals surface area contributed by atoms with Crippen LogP contribution >= 0.6 is 11.6 Å². The Kier molecular flexibility index (Phi) is 3.84. The van der Waals surface area contributed by atoms with Gasteiger partial charge in [0.25, 0.3) is 0 Å². The molecule has 18 heavy (non-hydrogen) atoms. The topological polar surface area (TPSA) is 72.2 Å². The lowest BCUT2D eigenvalue weighted by atomic mass is 10.1. The minimum atomic E-state index is -3.63. The van der Waals surface area contributed by atoms with Crippen molar-refractivity contribution in [3.05, 3.63) is 23.2 Å². The van der Waals surface area contributed by atoms with Gasteiger partial charge >= 0.3 is 0 Å². The fourth-order valence-electron chi connectivity index (χ4n) is 1.95. The molecule has 6 heteroatoms. The molecule has 0 spiro atoms. The fourth-order valence-corrected chi connectivity index (χ4v) is 3.77. The second-order valence-electron chi connectivity index (χ2n) is 4.82. The van der Waals surface area contributed by atoms with Crippen LogP contribution in [0, 0.1) is 11.8 Å². The number of nitrogens with two attached hydrogens (primary N) is 1. The Balaban J connectivity index is 2.14. The molecule has 0 bridgehead atoms. The molecule has 1 aromatic rings. The third-order valence-electron chi connectivity index (χ3n) is 3.29. The second-order valence-corrected chi connectivity index (χ2v) is 6.94. The molecule has 1 saturated carbocycles. The maximum Gasteiger partial charge on any atom is 0.244 e. The molecule has 0 amide bonds. The molecule has 1 aromatic carbocycles. The zero-order valence-corrected chi connectivity index (χ0v) is 11.8. The normalized spacial score (nSPS) is 17.7. The van der Waals surface area contributed by atoms with Crippen molar-refractivity contribution in [2.45, 2.75) is 24.7 Å². The number of benzene rings is 1. The maximum absolute atomic E-state index is 12.1. The molecule has 0 aromatic heterocycles. The Morgan fingerprint density at radius 2 is 2.17 bits per heavy atom. The fraction of sp³-hybridized carbons (Fsp3) is 0.500. The van der Waals surface area contributed by atoms with Crippen LogP contribution in [0.25, 0.3) is 0 Å². The molecule has 0 heterocycles. The summed E-state index contributed by atoms with van der Waals surface area (Å²) in [4.78, 5) is -0.0188. The van der Waals surface area contributed by atoms with E-state index in [0.717, 1.165) is 0 Å². The highest BCUT2D eigenvalue weighted by atomic mass is 35.5. The van der Waals surface area contributed by atoms with E-state index in [9.17, 15) is 8.42 Å². The summed E-state index contributed by atoms with van der Waals surface area (Å²) >= 11 is 5.91. The van der Waals surface area contributed by atoms with Crippen molar-refractivity contribution < 1.29 is 8.42 Å². The number of rotatable bonds is 5. The summed E-state index contributed by atoms with van der Waals surface area (Å²) in [5, 5.41) is 0.154. The quantitative estimate of drug-likeness (QED) is 0.816. The van der Waals surface area contributed by atoms with Gasteiger partial charge in [0.15, 0.2) is 0 Å². The van der Waals surface area contributed by atoms with E-state index >= 15 is 0 Å². The number of anilines is 1. The van der Waals surface area contributed by atoms with Crippen molar-refractivity contribution in [3.8, 4) is 0 Å². The van der Waals surface area contributed by atoms with Crippen molar-refractivity contribution in [1.82, 2.24) is 4.72 Å². The minimum absolute atomic E-state index is 0.0188. The van der Waals surface area contributed by atoms with Crippen molar-refractivity contribution >= 4 is 27.3 Å². The van der Waals surface area contributed by atoms with E-state index in [1.54, 1.807) is 6.07 Å². The van der Waals surface area contributed by atoms with Gasteiger partial charge in [-0.2, -0.15) is 0 Å². The van der Waals surface area contributed by atoms with Gasteiger partial charge in [-0.05, 0) is 36.8 Å². The largest absolute Gasteiger partial charge is 0.398 e. The van der Waals surface area contributed by atoms with E-state index < -0.39 is 10.0 Å². The van der Waals surface area contributed by atoms with Gasteiger partial charge in [0.05, 0.1) is 10.7 Å². The highest BCUT2D eigenvalue weighted by Gasteiger charge is 2.29. The predicted molar refractivity (Wildman–Crippen MR) is 72.9 cm³/mol. The Morgan fingerprint density at radius 3 is 2.72 bits per heavy atom. The monoisotopic (exact) mass is 288 g/mol. The highest BCUT2D eigenvalue weighted by Crippen LogP contribution is 2.36. The van der Waals surface area contributed by atoms with Crippen LogP contribution in [0.15, 0.2) is 23.1 Å². The summed E-state index contributed by atoms with van der Waals surface area (Å²) in [5.41, 5.74) is 5.86. The van der Waals surface area contributed by atoms with Crippen molar-refractivity contribution in [2.24, 2.45) is 11.8 Å². The van der Waals surface area contributed by atoms with Gasteiger partial charge < -0.3 is 5.73 Å². The van der Waals surface area contributed by atoms with E-state index in [0.29, 0.717) is 18.4 Å². The molecular weight excluding hydrogens is 272 g/mol. The molecule has 1 unspecified atom stereocenters. The zero-order valence-electron chi connectivity index (χ0n) is 10.2. The molecule has 1 aliphatic rings. The van der Waals surface area contributed by atoms with Crippen LogP contribution in [0.1, 0.15) is 19.8 Å². The van der Waals surface area contributed by atoms with Crippen LogP contribution in [0.4, 0.5) is 5.69 Å². The number of nitrogens with one attached hydrogen (secondary N) is 1. The average Bonchev–Trinajstić information content (AvgIpc) is 3.09. The lowest BCUT2D eigenvalue weighted by Crippen LogP contribution is -2.30. The van der Waals surface area contributed by atoms with E-state index in [1.165, 1.54) is 25.0 Å². The maximum atomic E-state index is 12.1. The molecule has 100 valence electrons. The van der Waals surface area contributed by atoms with E-state index in [-0.39, 0.29) is 15.6 Å². The predicted octanol–water partition coefficient (Wildman–Crippen LogP) is 2.25. The Bertz CT molecular complexity index is 521. The first-order chi connectivity index (χ1) is 8.42. The van der Waals surface area contributed by atoms with Gasteiger partial charge in [0, 0.05) is 6.54 Å². The molecule has 3 N–H and O–H groups in total. The Hall–Kier alpha value is -0.780. The van der Waals surface area contributed by atoms with Crippen molar-refractivity contribution in [3.63, 3.8) is 0 Å². The first kappa shape index (κ1) is 13.6. The first-order valence-corrected chi connectivity index (χ1v) is 7.81. The number of hydrogen-bond acceptors (Lipinski definition) is 3. The van der Waals surface area contributed by atoms with Crippen LogP contribution in [0.3, 0.4) is 0 Å². The van der Waals surface area contributed by atoms with Crippen molar-refractivity contribution in [1.29, 1.82) is 0 Å². The summed E-state index contributed by atoms with van der Waals surface area (Å²) in [6.07, 6.45) is 2.38. The molecule has 0 saturated heterocycles. The summed E-state index contributed by atoms with van der Waals surface area (Å²) in [6.45, 7) is 2.48. The van der Waals surface area contributed by atoms with E-state index in [1.807, 2.05) is 0 Å².